The Kier molecular flexibility index (Phi) is 8.05. The highest BCUT2D eigenvalue weighted by atomic mass is 16.2. The maximum atomic E-state index is 12.2. The summed E-state index contributed by atoms with van der Waals surface area (Å²) < 4.78 is 0. The summed E-state index contributed by atoms with van der Waals surface area (Å²) in [5.41, 5.74) is 9.81. The molecule has 1 aliphatic rings. The van der Waals surface area contributed by atoms with Crippen LogP contribution in [0, 0.1) is 0 Å². The number of anilines is 3. The van der Waals surface area contributed by atoms with Crippen LogP contribution in [0.25, 0.3) is 0 Å². The van der Waals surface area contributed by atoms with E-state index in [1.807, 2.05) is 61.2 Å². The van der Waals surface area contributed by atoms with Gasteiger partial charge in [-0.1, -0.05) is 42.5 Å². The van der Waals surface area contributed by atoms with Crippen molar-refractivity contribution in [3.8, 4) is 0 Å². The van der Waals surface area contributed by atoms with Gasteiger partial charge < -0.3 is 26.6 Å². The van der Waals surface area contributed by atoms with Crippen molar-refractivity contribution in [2.75, 3.05) is 23.7 Å². The summed E-state index contributed by atoms with van der Waals surface area (Å²) in [6.45, 7) is 6.04. The van der Waals surface area contributed by atoms with Gasteiger partial charge in [0, 0.05) is 43.6 Å². The molecule has 1 aromatic heterocycles. The zero-order valence-electron chi connectivity index (χ0n) is 20.8. The van der Waals surface area contributed by atoms with E-state index >= 15 is 0 Å². The fourth-order valence-corrected chi connectivity index (χ4v) is 4.40. The summed E-state index contributed by atoms with van der Waals surface area (Å²) >= 11 is 0. The number of nitrogens with two attached hydrogens (primary N) is 1. The van der Waals surface area contributed by atoms with Gasteiger partial charge >= 0.3 is 6.03 Å². The van der Waals surface area contributed by atoms with E-state index in [0.29, 0.717) is 29.5 Å². The lowest BCUT2D eigenvalue weighted by Gasteiger charge is -2.32. The van der Waals surface area contributed by atoms with E-state index in [1.54, 1.807) is 6.07 Å². The normalized spacial score (nSPS) is 13.9. The summed E-state index contributed by atoms with van der Waals surface area (Å²) in [6, 6.07) is 20.2. The molecular weight excluding hydrogens is 452 g/mol. The molecule has 3 aromatic rings. The van der Waals surface area contributed by atoms with Crippen molar-refractivity contribution < 1.29 is 9.59 Å². The predicted molar refractivity (Wildman–Crippen MR) is 143 cm³/mol. The maximum Gasteiger partial charge on any atom is 0.317 e. The molecule has 0 atom stereocenters. The Labute approximate surface area is 212 Å². The number of urea groups is 1. The van der Waals surface area contributed by atoms with Crippen molar-refractivity contribution in [2.45, 2.75) is 45.2 Å². The first-order chi connectivity index (χ1) is 17.4. The number of nitrogens with one attached hydrogen (secondary N) is 3. The van der Waals surface area contributed by atoms with Crippen LogP contribution in [-0.4, -0.2) is 41.0 Å². The molecule has 0 bridgehead atoms. The van der Waals surface area contributed by atoms with Gasteiger partial charge in [0.05, 0.1) is 11.3 Å². The number of primary amides is 1. The van der Waals surface area contributed by atoms with Crippen molar-refractivity contribution in [3.05, 3.63) is 83.6 Å². The number of pyridine rings is 1. The smallest absolute Gasteiger partial charge is 0.317 e. The fourth-order valence-electron chi connectivity index (χ4n) is 4.40. The molecule has 5 N–H and O–H groups in total. The quantitative estimate of drug-likeness (QED) is 0.364. The number of carbonyl (C=O) groups is 2. The lowest BCUT2D eigenvalue weighted by Crippen LogP contribution is -2.46. The summed E-state index contributed by atoms with van der Waals surface area (Å²) in [5, 5.41) is 9.58. The lowest BCUT2D eigenvalue weighted by atomic mass is 9.89. The Morgan fingerprint density at radius 2 is 1.75 bits per heavy atom. The van der Waals surface area contributed by atoms with Gasteiger partial charge in [-0.25, -0.2) is 9.78 Å². The Balaban J connectivity index is 1.38. The first-order valence-corrected chi connectivity index (χ1v) is 12.4. The van der Waals surface area contributed by atoms with Crippen LogP contribution in [0.15, 0.2) is 66.9 Å². The average Bonchev–Trinajstić information content (AvgIpc) is 2.88. The average molecular weight is 487 g/mol. The minimum Gasteiger partial charge on any atom is -0.380 e. The van der Waals surface area contributed by atoms with Crippen molar-refractivity contribution in [1.82, 2.24) is 15.2 Å². The van der Waals surface area contributed by atoms with Crippen LogP contribution in [0.1, 0.15) is 54.1 Å². The van der Waals surface area contributed by atoms with Gasteiger partial charge in [-0.3, -0.25) is 4.79 Å². The first-order valence-electron chi connectivity index (χ1n) is 12.4. The third kappa shape index (κ3) is 6.53. The third-order valence-corrected chi connectivity index (χ3v) is 6.34. The number of benzene rings is 2. The highest BCUT2D eigenvalue weighted by Gasteiger charge is 2.24. The van der Waals surface area contributed by atoms with E-state index in [-0.39, 0.29) is 12.1 Å². The van der Waals surface area contributed by atoms with Gasteiger partial charge in [-0.15, -0.1) is 0 Å². The molecule has 8 heteroatoms. The molecule has 8 nitrogen and oxygen atoms in total. The number of aromatic nitrogens is 1. The monoisotopic (exact) mass is 486 g/mol. The number of hydrogen-bond donors (Lipinski definition) is 4. The molecule has 2 aromatic carbocycles. The van der Waals surface area contributed by atoms with E-state index in [1.165, 1.54) is 11.8 Å². The molecule has 188 valence electrons. The van der Waals surface area contributed by atoms with Gasteiger partial charge in [0.25, 0.3) is 5.91 Å². The second-order valence-electron chi connectivity index (χ2n) is 9.43. The Morgan fingerprint density at radius 1 is 1.06 bits per heavy atom. The van der Waals surface area contributed by atoms with Crippen LogP contribution >= 0.6 is 0 Å². The molecule has 4 rings (SSSR count). The van der Waals surface area contributed by atoms with E-state index in [2.05, 4.69) is 33.1 Å². The molecule has 1 aliphatic heterocycles. The largest absolute Gasteiger partial charge is 0.380 e. The van der Waals surface area contributed by atoms with Crippen LogP contribution in [0.3, 0.4) is 0 Å². The first kappa shape index (κ1) is 25.0. The van der Waals surface area contributed by atoms with Crippen LogP contribution in [0.4, 0.5) is 22.0 Å². The van der Waals surface area contributed by atoms with Crippen LogP contribution in [-0.2, 0) is 6.54 Å². The number of piperidine rings is 1. The Morgan fingerprint density at radius 3 is 2.39 bits per heavy atom. The van der Waals surface area contributed by atoms with Gasteiger partial charge in [0.1, 0.15) is 5.82 Å². The van der Waals surface area contributed by atoms with Crippen molar-refractivity contribution in [2.24, 2.45) is 5.73 Å². The van der Waals surface area contributed by atoms with E-state index < -0.39 is 5.91 Å². The topological polar surface area (TPSA) is 112 Å². The molecule has 1 saturated heterocycles. The molecule has 0 saturated carbocycles. The number of rotatable bonds is 8. The van der Waals surface area contributed by atoms with Crippen molar-refractivity contribution in [1.29, 1.82) is 0 Å². The minimum absolute atomic E-state index is 0.0236. The summed E-state index contributed by atoms with van der Waals surface area (Å²) in [5.74, 6) is 0.526. The van der Waals surface area contributed by atoms with Gasteiger partial charge in [0.15, 0.2) is 0 Å². The fraction of sp³-hybridized carbons (Fsp3) is 0.321. The van der Waals surface area contributed by atoms with E-state index in [4.69, 9.17) is 5.73 Å². The number of amides is 3. The second kappa shape index (κ2) is 11.6. The SMILES string of the molecule is CC(C)NC(=O)N1CCC(c2ccc(Nc3cc(NCc4ccccc4)c(C(N)=O)cn3)cc2)CC1. The second-order valence-corrected chi connectivity index (χ2v) is 9.43. The zero-order valence-corrected chi connectivity index (χ0v) is 20.8. The Hall–Kier alpha value is -4.07. The molecule has 36 heavy (non-hydrogen) atoms. The van der Waals surface area contributed by atoms with Gasteiger partial charge in [-0.05, 0) is 55.9 Å². The Bertz CT molecular complexity index is 1170. The van der Waals surface area contributed by atoms with Gasteiger partial charge in [-0.2, -0.15) is 0 Å². The molecule has 0 aliphatic carbocycles. The highest BCUT2D eigenvalue weighted by molar-refractivity contribution is 5.98. The summed E-state index contributed by atoms with van der Waals surface area (Å²) in [7, 11) is 0. The number of carbonyl (C=O) groups excluding carboxylic acids is 2. The zero-order chi connectivity index (χ0) is 25.5. The molecule has 0 spiro atoms. The summed E-state index contributed by atoms with van der Waals surface area (Å²) in [6.07, 6.45) is 3.39. The minimum atomic E-state index is -0.526. The predicted octanol–water partition coefficient (Wildman–Crippen LogP) is 4.83. The molecule has 0 unspecified atom stereocenters. The maximum absolute atomic E-state index is 12.2. The van der Waals surface area contributed by atoms with Crippen molar-refractivity contribution in [3.63, 3.8) is 0 Å². The van der Waals surface area contributed by atoms with Crippen LogP contribution in [0.2, 0.25) is 0 Å². The molecule has 2 heterocycles. The van der Waals surface area contributed by atoms with Gasteiger partial charge in [0.2, 0.25) is 0 Å². The molecule has 1 fully saturated rings. The van der Waals surface area contributed by atoms with E-state index in [9.17, 15) is 9.59 Å². The summed E-state index contributed by atoms with van der Waals surface area (Å²) in [4.78, 5) is 30.4. The van der Waals surface area contributed by atoms with E-state index in [0.717, 1.165) is 37.2 Å². The molecule has 0 radical (unpaired) electrons. The van der Waals surface area contributed by atoms with Crippen LogP contribution < -0.4 is 21.7 Å². The third-order valence-electron chi connectivity index (χ3n) is 6.34. The number of nitrogens with zero attached hydrogens (tertiary/aromatic N) is 2. The highest BCUT2D eigenvalue weighted by Crippen LogP contribution is 2.30. The molecular formula is C28H34N6O2. The lowest BCUT2D eigenvalue weighted by molar-refractivity contribution is 0.100. The van der Waals surface area contributed by atoms with Crippen molar-refractivity contribution >= 4 is 29.1 Å². The standard InChI is InChI=1S/C28H34N6O2/c1-19(2)32-28(36)34-14-12-22(13-15-34)21-8-10-23(11-9-21)33-26-16-25(24(18-31-26)27(29)35)30-17-20-6-4-3-5-7-20/h3-11,16,18-19,22H,12-15,17H2,1-2H3,(H2,29,35)(H,32,36)(H2,30,31,33). The molecule has 3 amide bonds. The van der Waals surface area contributed by atoms with Crippen LogP contribution in [0.5, 0.6) is 0 Å². The number of likely N-dealkylation sites (tertiary alicyclic amines) is 1. The number of hydrogen-bond acceptors (Lipinski definition) is 5.